The zero-order chi connectivity index (χ0) is 19.7. The van der Waals surface area contributed by atoms with E-state index in [1.165, 1.54) is 5.56 Å². The number of likely N-dealkylation sites (tertiary alicyclic amines) is 1. The third kappa shape index (κ3) is 3.24. The van der Waals surface area contributed by atoms with Crippen LogP contribution in [0.5, 0.6) is 11.5 Å². The second kappa shape index (κ2) is 7.64. The van der Waals surface area contributed by atoms with Gasteiger partial charge in [0.15, 0.2) is 11.5 Å². The molecule has 2 aromatic carbocycles. The number of carbonyl (C=O) groups excluding carboxylic acids is 1. The fraction of sp³-hybridized carbons (Fsp3) is 0.364. The molecule has 0 saturated carbocycles. The SMILES string of the molecule is COc1cc2c(cc1OC)[C@H]1CN(C)CC[C@H]1N=C2c1cccc(NC=O)c1. The van der Waals surface area contributed by atoms with E-state index in [9.17, 15) is 4.79 Å². The first-order valence-electron chi connectivity index (χ1n) is 9.48. The van der Waals surface area contributed by atoms with E-state index in [1.54, 1.807) is 14.2 Å². The molecule has 0 unspecified atom stereocenters. The molecular weight excluding hydrogens is 354 g/mol. The normalized spacial score (nSPS) is 21.2. The average molecular weight is 379 g/mol. The maximum absolute atomic E-state index is 10.9. The molecule has 1 fully saturated rings. The van der Waals surface area contributed by atoms with Gasteiger partial charge < -0.3 is 19.7 Å². The van der Waals surface area contributed by atoms with Crippen LogP contribution in [0.2, 0.25) is 0 Å². The van der Waals surface area contributed by atoms with Gasteiger partial charge in [0, 0.05) is 29.3 Å². The summed E-state index contributed by atoms with van der Waals surface area (Å²) in [6.07, 6.45) is 1.71. The van der Waals surface area contributed by atoms with E-state index in [2.05, 4.69) is 23.3 Å². The lowest BCUT2D eigenvalue weighted by Gasteiger charge is -2.39. The summed E-state index contributed by atoms with van der Waals surface area (Å²) in [4.78, 5) is 18.4. The molecule has 4 rings (SSSR count). The first-order valence-corrected chi connectivity index (χ1v) is 9.48. The molecule has 2 aromatic rings. The summed E-state index contributed by atoms with van der Waals surface area (Å²) < 4.78 is 11.1. The number of piperidine rings is 1. The number of aliphatic imine (C=N–C) groups is 1. The fourth-order valence-electron chi connectivity index (χ4n) is 4.26. The number of benzene rings is 2. The lowest BCUT2D eigenvalue weighted by Crippen LogP contribution is -2.41. The van der Waals surface area contributed by atoms with E-state index in [4.69, 9.17) is 14.5 Å². The number of amides is 1. The van der Waals surface area contributed by atoms with Gasteiger partial charge in [-0.15, -0.1) is 0 Å². The Balaban J connectivity index is 1.88. The predicted molar refractivity (Wildman–Crippen MR) is 110 cm³/mol. The van der Waals surface area contributed by atoms with Gasteiger partial charge in [-0.05, 0) is 49.8 Å². The Kier molecular flexibility index (Phi) is 5.05. The third-order valence-corrected chi connectivity index (χ3v) is 5.65. The lowest BCUT2D eigenvalue weighted by atomic mass is 9.79. The van der Waals surface area contributed by atoms with Crippen molar-refractivity contribution in [1.82, 2.24) is 4.90 Å². The van der Waals surface area contributed by atoms with Gasteiger partial charge in [-0.25, -0.2) is 0 Å². The number of rotatable bonds is 5. The zero-order valence-corrected chi connectivity index (χ0v) is 16.4. The molecule has 6 nitrogen and oxygen atoms in total. The minimum absolute atomic E-state index is 0.236. The minimum Gasteiger partial charge on any atom is -0.493 e. The number of methoxy groups -OCH3 is 2. The molecule has 146 valence electrons. The van der Waals surface area contributed by atoms with Crippen LogP contribution in [0.4, 0.5) is 5.69 Å². The number of ether oxygens (including phenoxy) is 2. The second-order valence-corrected chi connectivity index (χ2v) is 7.34. The van der Waals surface area contributed by atoms with E-state index in [0.717, 1.165) is 47.8 Å². The summed E-state index contributed by atoms with van der Waals surface area (Å²) in [5, 5.41) is 2.73. The molecule has 1 saturated heterocycles. The van der Waals surface area contributed by atoms with Crippen LogP contribution in [0.3, 0.4) is 0 Å². The number of likely N-dealkylation sites (N-methyl/N-ethyl adjacent to an activating group) is 1. The van der Waals surface area contributed by atoms with Gasteiger partial charge in [0.1, 0.15) is 0 Å². The zero-order valence-electron chi connectivity index (χ0n) is 16.4. The molecule has 0 radical (unpaired) electrons. The quantitative estimate of drug-likeness (QED) is 0.812. The summed E-state index contributed by atoms with van der Waals surface area (Å²) in [5.41, 5.74) is 4.99. The lowest BCUT2D eigenvalue weighted by molar-refractivity contribution is -0.105. The number of hydrogen-bond donors (Lipinski definition) is 1. The number of nitrogens with zero attached hydrogens (tertiary/aromatic N) is 2. The average Bonchev–Trinajstić information content (AvgIpc) is 2.72. The van der Waals surface area contributed by atoms with Crippen LogP contribution < -0.4 is 14.8 Å². The Hall–Kier alpha value is -2.86. The van der Waals surface area contributed by atoms with Crippen LogP contribution in [0, 0.1) is 0 Å². The molecule has 0 spiro atoms. The summed E-state index contributed by atoms with van der Waals surface area (Å²) in [5.74, 6) is 1.76. The Bertz CT molecular complexity index is 925. The van der Waals surface area contributed by atoms with E-state index >= 15 is 0 Å². The van der Waals surface area contributed by atoms with Gasteiger partial charge in [-0.3, -0.25) is 9.79 Å². The monoisotopic (exact) mass is 379 g/mol. The van der Waals surface area contributed by atoms with Crippen molar-refractivity contribution in [1.29, 1.82) is 0 Å². The number of fused-ring (bicyclic) bond motifs is 3. The van der Waals surface area contributed by atoms with Crippen molar-refractivity contribution in [2.45, 2.75) is 18.4 Å². The smallest absolute Gasteiger partial charge is 0.211 e. The van der Waals surface area contributed by atoms with Crippen molar-refractivity contribution >= 4 is 17.8 Å². The van der Waals surface area contributed by atoms with Crippen LogP contribution in [-0.4, -0.2) is 57.4 Å². The van der Waals surface area contributed by atoms with Crippen LogP contribution in [0.1, 0.15) is 29.0 Å². The van der Waals surface area contributed by atoms with Gasteiger partial charge in [0.05, 0.1) is 26.0 Å². The molecule has 6 heteroatoms. The Morgan fingerprint density at radius 1 is 1.18 bits per heavy atom. The maximum Gasteiger partial charge on any atom is 0.211 e. The highest BCUT2D eigenvalue weighted by Gasteiger charge is 2.36. The molecule has 1 N–H and O–H groups in total. The number of carbonyl (C=O) groups is 1. The first kappa shape index (κ1) is 18.5. The Morgan fingerprint density at radius 2 is 1.96 bits per heavy atom. The number of nitrogens with one attached hydrogen (secondary N) is 1. The minimum atomic E-state index is 0.236. The molecule has 0 aliphatic carbocycles. The van der Waals surface area contributed by atoms with Crippen molar-refractivity contribution in [2.24, 2.45) is 4.99 Å². The molecule has 2 aliphatic rings. The van der Waals surface area contributed by atoms with Gasteiger partial charge in [0.25, 0.3) is 0 Å². The maximum atomic E-state index is 10.9. The summed E-state index contributed by atoms with van der Waals surface area (Å²) >= 11 is 0. The van der Waals surface area contributed by atoms with E-state index in [0.29, 0.717) is 18.1 Å². The molecule has 28 heavy (non-hydrogen) atoms. The van der Waals surface area contributed by atoms with Crippen molar-refractivity contribution in [3.8, 4) is 11.5 Å². The standard InChI is InChI=1S/C22H25N3O3/c1-25-8-7-19-18(12-25)16-10-20(27-2)21(28-3)11-17(16)22(24-19)14-5-4-6-15(9-14)23-13-26/h4-6,9-11,13,18-19H,7-8,12H2,1-3H3,(H,23,26)/t18-,19-/m1/s1. The van der Waals surface area contributed by atoms with E-state index in [1.807, 2.05) is 30.3 Å². The summed E-state index contributed by atoms with van der Waals surface area (Å²) in [7, 11) is 5.47. The Morgan fingerprint density at radius 3 is 2.71 bits per heavy atom. The largest absolute Gasteiger partial charge is 0.493 e. The van der Waals surface area contributed by atoms with Gasteiger partial charge in [0.2, 0.25) is 6.41 Å². The second-order valence-electron chi connectivity index (χ2n) is 7.34. The molecular formula is C22H25N3O3. The third-order valence-electron chi connectivity index (χ3n) is 5.65. The van der Waals surface area contributed by atoms with Crippen molar-refractivity contribution in [3.05, 3.63) is 53.1 Å². The van der Waals surface area contributed by atoms with Crippen LogP contribution >= 0.6 is 0 Å². The molecule has 2 aliphatic heterocycles. The van der Waals surface area contributed by atoms with Crippen molar-refractivity contribution < 1.29 is 14.3 Å². The van der Waals surface area contributed by atoms with Crippen molar-refractivity contribution in [2.75, 3.05) is 39.7 Å². The fourth-order valence-corrected chi connectivity index (χ4v) is 4.26. The molecule has 0 aromatic heterocycles. The highest BCUT2D eigenvalue weighted by atomic mass is 16.5. The highest BCUT2D eigenvalue weighted by Crippen LogP contribution is 2.42. The van der Waals surface area contributed by atoms with Crippen LogP contribution in [0.15, 0.2) is 41.4 Å². The molecule has 2 atom stereocenters. The topological polar surface area (TPSA) is 63.2 Å². The molecule has 1 amide bonds. The van der Waals surface area contributed by atoms with Crippen LogP contribution in [0.25, 0.3) is 0 Å². The van der Waals surface area contributed by atoms with Gasteiger partial charge in [-0.1, -0.05) is 12.1 Å². The highest BCUT2D eigenvalue weighted by molar-refractivity contribution is 6.15. The van der Waals surface area contributed by atoms with Gasteiger partial charge in [-0.2, -0.15) is 0 Å². The van der Waals surface area contributed by atoms with Crippen LogP contribution in [-0.2, 0) is 4.79 Å². The molecule has 0 bridgehead atoms. The number of hydrogen-bond acceptors (Lipinski definition) is 5. The Labute approximate surface area is 165 Å². The molecule has 2 heterocycles. The predicted octanol–water partition coefficient (Wildman–Crippen LogP) is 2.91. The summed E-state index contributed by atoms with van der Waals surface area (Å²) in [6, 6.07) is 12.2. The first-order chi connectivity index (χ1) is 13.6. The van der Waals surface area contributed by atoms with Crippen molar-refractivity contribution in [3.63, 3.8) is 0 Å². The van der Waals surface area contributed by atoms with Gasteiger partial charge >= 0.3 is 0 Å². The number of anilines is 1. The van der Waals surface area contributed by atoms with E-state index < -0.39 is 0 Å². The summed E-state index contributed by atoms with van der Waals surface area (Å²) in [6.45, 7) is 2.00. The van der Waals surface area contributed by atoms with E-state index in [-0.39, 0.29) is 6.04 Å².